The molecule has 2 aromatic rings. The first kappa shape index (κ1) is 18.1. The second-order valence-electron chi connectivity index (χ2n) is 5.74. The van der Waals surface area contributed by atoms with Crippen LogP contribution in [0.2, 0.25) is 0 Å². The molecular weight excluding hydrogens is 344 g/mol. The first-order valence-electron chi connectivity index (χ1n) is 8.22. The van der Waals surface area contributed by atoms with Crippen LogP contribution >= 0.6 is 0 Å². The van der Waals surface area contributed by atoms with E-state index in [4.69, 9.17) is 14.2 Å². The largest absolute Gasteiger partial charge is 0.497 e. The molecule has 0 unspecified atom stereocenters. The molecule has 1 heterocycles. The topological polar surface area (TPSA) is 80.6 Å². The maximum absolute atomic E-state index is 12.4. The number of carbonyl (C=O) groups is 1. The van der Waals surface area contributed by atoms with Gasteiger partial charge in [0.25, 0.3) is 5.91 Å². The lowest BCUT2D eigenvalue weighted by Gasteiger charge is -2.18. The number of para-hydroxylation sites is 1. The van der Waals surface area contributed by atoms with Gasteiger partial charge in [-0.05, 0) is 48.1 Å². The number of amides is 1. The Kier molecular flexibility index (Phi) is 5.43. The summed E-state index contributed by atoms with van der Waals surface area (Å²) in [5.74, 6) is 1.49. The molecule has 0 fully saturated rings. The average molecular weight is 362 g/mol. The van der Waals surface area contributed by atoms with E-state index in [-0.39, 0.29) is 12.2 Å². The van der Waals surface area contributed by atoms with Gasteiger partial charge >= 0.3 is 0 Å². The van der Waals surface area contributed by atoms with E-state index in [0.717, 1.165) is 11.1 Å². The fourth-order valence-corrected chi connectivity index (χ4v) is 2.65. The maximum atomic E-state index is 12.4. The van der Waals surface area contributed by atoms with Crippen molar-refractivity contribution in [2.24, 2.45) is 0 Å². The standard InChI is InChI=1S/C21H18N2O4/c1-25-18-8-6-17(7-9-18)23-21(24)16(12-22)11-14-10-15-4-3-5-19(26-2)20(15)27-13-14/h3-11H,13H2,1-2H3,(H,23,24). The van der Waals surface area contributed by atoms with Gasteiger partial charge in [-0.2, -0.15) is 5.26 Å². The number of ether oxygens (including phenoxy) is 3. The van der Waals surface area contributed by atoms with Gasteiger partial charge in [0.1, 0.15) is 24.0 Å². The molecule has 0 spiro atoms. The van der Waals surface area contributed by atoms with E-state index in [2.05, 4.69) is 5.32 Å². The quantitative estimate of drug-likeness (QED) is 0.650. The number of nitrogens with one attached hydrogen (secondary N) is 1. The summed E-state index contributed by atoms with van der Waals surface area (Å²) in [6.45, 7) is 0.244. The molecule has 3 rings (SSSR count). The fraction of sp³-hybridized carbons (Fsp3) is 0.143. The lowest BCUT2D eigenvalue weighted by Crippen LogP contribution is -2.15. The zero-order chi connectivity index (χ0) is 19.2. The molecule has 2 aromatic carbocycles. The molecule has 1 N–H and O–H groups in total. The molecule has 6 nitrogen and oxygen atoms in total. The lowest BCUT2D eigenvalue weighted by molar-refractivity contribution is -0.112. The molecule has 27 heavy (non-hydrogen) atoms. The monoisotopic (exact) mass is 362 g/mol. The summed E-state index contributed by atoms with van der Waals surface area (Å²) in [5.41, 5.74) is 2.12. The molecule has 6 heteroatoms. The van der Waals surface area contributed by atoms with Crippen molar-refractivity contribution in [3.8, 4) is 23.3 Å². The molecule has 0 atom stereocenters. The van der Waals surface area contributed by atoms with E-state index in [9.17, 15) is 10.1 Å². The SMILES string of the molecule is COc1ccc(NC(=O)C(C#N)=CC2=Cc3cccc(OC)c3OC2)cc1. The van der Waals surface area contributed by atoms with Crippen LogP contribution in [-0.2, 0) is 4.79 Å². The number of benzene rings is 2. The van der Waals surface area contributed by atoms with Crippen LogP contribution in [0.1, 0.15) is 5.56 Å². The van der Waals surface area contributed by atoms with Gasteiger partial charge in [0.05, 0.1) is 14.2 Å². The van der Waals surface area contributed by atoms with Gasteiger partial charge in [-0.1, -0.05) is 12.1 Å². The average Bonchev–Trinajstić information content (AvgIpc) is 2.71. The van der Waals surface area contributed by atoms with Gasteiger partial charge in [0, 0.05) is 11.3 Å². The smallest absolute Gasteiger partial charge is 0.266 e. The minimum absolute atomic E-state index is 0.00739. The van der Waals surface area contributed by atoms with Gasteiger partial charge in [0.2, 0.25) is 0 Å². The predicted molar refractivity (Wildman–Crippen MR) is 102 cm³/mol. The predicted octanol–water partition coefficient (Wildman–Crippen LogP) is 3.57. The molecule has 0 aromatic heterocycles. The number of anilines is 1. The molecule has 1 aliphatic rings. The highest BCUT2D eigenvalue weighted by molar-refractivity contribution is 6.07. The van der Waals surface area contributed by atoms with Gasteiger partial charge < -0.3 is 19.5 Å². The molecule has 1 aliphatic heterocycles. The highest BCUT2D eigenvalue weighted by Crippen LogP contribution is 2.35. The van der Waals surface area contributed by atoms with Crippen LogP contribution in [0.25, 0.3) is 6.08 Å². The van der Waals surface area contributed by atoms with Crippen LogP contribution in [0, 0.1) is 11.3 Å². The van der Waals surface area contributed by atoms with Crippen LogP contribution in [0.15, 0.2) is 59.7 Å². The van der Waals surface area contributed by atoms with Crippen molar-refractivity contribution in [3.05, 3.63) is 65.3 Å². The molecule has 0 bridgehead atoms. The normalized spacial score (nSPS) is 12.8. The molecule has 1 amide bonds. The molecule has 0 radical (unpaired) electrons. The zero-order valence-electron chi connectivity index (χ0n) is 15.0. The second kappa shape index (κ2) is 8.11. The Morgan fingerprint density at radius 1 is 1.19 bits per heavy atom. The minimum Gasteiger partial charge on any atom is -0.497 e. The lowest BCUT2D eigenvalue weighted by atomic mass is 10.0. The van der Waals surface area contributed by atoms with Crippen molar-refractivity contribution in [3.63, 3.8) is 0 Å². The first-order chi connectivity index (χ1) is 13.1. The summed E-state index contributed by atoms with van der Waals surface area (Å²) in [4.78, 5) is 12.4. The van der Waals surface area contributed by atoms with E-state index < -0.39 is 5.91 Å². The van der Waals surface area contributed by atoms with Crippen molar-refractivity contribution >= 4 is 17.7 Å². The molecule has 136 valence electrons. The minimum atomic E-state index is -0.486. The Labute approximate surface area is 157 Å². The Bertz CT molecular complexity index is 953. The Balaban J connectivity index is 1.80. The summed E-state index contributed by atoms with van der Waals surface area (Å²) in [6, 6.07) is 14.4. The van der Waals surface area contributed by atoms with E-state index in [1.54, 1.807) is 38.5 Å². The molecule has 0 aliphatic carbocycles. The zero-order valence-corrected chi connectivity index (χ0v) is 15.0. The highest BCUT2D eigenvalue weighted by Gasteiger charge is 2.17. The van der Waals surface area contributed by atoms with Crippen LogP contribution in [-0.4, -0.2) is 26.7 Å². The number of carbonyl (C=O) groups excluding carboxylic acids is 1. The van der Waals surface area contributed by atoms with Crippen LogP contribution in [0.5, 0.6) is 17.2 Å². The number of hydrogen-bond donors (Lipinski definition) is 1. The van der Waals surface area contributed by atoms with E-state index >= 15 is 0 Å². The van der Waals surface area contributed by atoms with E-state index in [1.165, 1.54) is 6.08 Å². The third-order valence-electron chi connectivity index (χ3n) is 4.00. The van der Waals surface area contributed by atoms with E-state index in [1.807, 2.05) is 30.3 Å². The molecular formula is C21H18N2O4. The van der Waals surface area contributed by atoms with Gasteiger partial charge in [-0.3, -0.25) is 4.79 Å². The summed E-state index contributed by atoms with van der Waals surface area (Å²) in [5, 5.41) is 12.1. The van der Waals surface area contributed by atoms with Gasteiger partial charge in [-0.15, -0.1) is 0 Å². The summed E-state index contributed by atoms with van der Waals surface area (Å²) in [6.07, 6.45) is 3.40. The fourth-order valence-electron chi connectivity index (χ4n) is 2.65. The summed E-state index contributed by atoms with van der Waals surface area (Å²) < 4.78 is 16.1. The third kappa shape index (κ3) is 4.10. The van der Waals surface area contributed by atoms with Gasteiger partial charge in [0.15, 0.2) is 11.5 Å². The summed E-state index contributed by atoms with van der Waals surface area (Å²) in [7, 11) is 3.15. The highest BCUT2D eigenvalue weighted by atomic mass is 16.5. The van der Waals surface area contributed by atoms with Crippen molar-refractivity contribution in [2.75, 3.05) is 26.1 Å². The van der Waals surface area contributed by atoms with Crippen molar-refractivity contribution in [1.82, 2.24) is 0 Å². The second-order valence-corrected chi connectivity index (χ2v) is 5.74. The Morgan fingerprint density at radius 3 is 2.63 bits per heavy atom. The molecule has 0 saturated heterocycles. The number of methoxy groups -OCH3 is 2. The van der Waals surface area contributed by atoms with Crippen LogP contribution in [0.4, 0.5) is 5.69 Å². The van der Waals surface area contributed by atoms with Gasteiger partial charge in [-0.25, -0.2) is 0 Å². The Morgan fingerprint density at radius 2 is 1.96 bits per heavy atom. The molecule has 0 saturated carbocycles. The van der Waals surface area contributed by atoms with E-state index in [0.29, 0.717) is 22.9 Å². The van der Waals surface area contributed by atoms with Crippen molar-refractivity contribution in [2.45, 2.75) is 0 Å². The number of rotatable bonds is 5. The number of hydrogen-bond acceptors (Lipinski definition) is 5. The van der Waals surface area contributed by atoms with Crippen molar-refractivity contribution < 1.29 is 19.0 Å². The first-order valence-corrected chi connectivity index (χ1v) is 8.22. The van der Waals surface area contributed by atoms with Crippen molar-refractivity contribution in [1.29, 1.82) is 5.26 Å². The number of nitriles is 1. The van der Waals surface area contributed by atoms with Crippen LogP contribution in [0.3, 0.4) is 0 Å². The maximum Gasteiger partial charge on any atom is 0.266 e. The third-order valence-corrected chi connectivity index (χ3v) is 4.00. The Hall–Kier alpha value is -3.72. The number of fused-ring (bicyclic) bond motifs is 1. The van der Waals surface area contributed by atoms with Crippen LogP contribution < -0.4 is 19.5 Å². The summed E-state index contributed by atoms with van der Waals surface area (Å²) >= 11 is 0. The number of nitrogens with zero attached hydrogens (tertiary/aromatic N) is 1.